The molecule has 3 N–H and O–H groups in total. The van der Waals surface area contributed by atoms with Gasteiger partial charge in [-0.2, -0.15) is 0 Å². The highest BCUT2D eigenvalue weighted by Gasteiger charge is 2.01. The average Bonchev–Trinajstić information content (AvgIpc) is 2.42. The van der Waals surface area contributed by atoms with Crippen LogP contribution in [0.4, 0.5) is 0 Å². The van der Waals surface area contributed by atoms with Crippen molar-refractivity contribution in [1.82, 2.24) is 4.98 Å². The summed E-state index contributed by atoms with van der Waals surface area (Å²) in [5.41, 5.74) is 7.25. The molecule has 0 bridgehead atoms. The number of nitrogens with two attached hydrogens (primary N) is 1. The van der Waals surface area contributed by atoms with Crippen molar-refractivity contribution < 1.29 is 4.74 Å². The fraction of sp³-hybridized carbons (Fsp3) is 0.200. The predicted molar refractivity (Wildman–Crippen MR) is 75.8 cm³/mol. The normalized spacial score (nSPS) is 10.2. The molecule has 0 saturated carbocycles. The van der Waals surface area contributed by atoms with E-state index in [9.17, 15) is 0 Å². The first-order valence-corrected chi connectivity index (χ1v) is 6.26. The molecule has 1 aromatic heterocycles. The second-order valence-corrected chi connectivity index (χ2v) is 4.29. The van der Waals surface area contributed by atoms with Gasteiger partial charge in [0.1, 0.15) is 11.6 Å². The molecular weight excluding hydrogens is 238 g/mol. The minimum atomic E-state index is 0.00275. The first-order chi connectivity index (χ1) is 9.19. The lowest BCUT2D eigenvalue weighted by atomic mass is 10.1. The quantitative estimate of drug-likeness (QED) is 0.637. The lowest BCUT2D eigenvalue weighted by Gasteiger charge is -2.06. The Labute approximate surface area is 112 Å². The van der Waals surface area contributed by atoms with Gasteiger partial charge in [-0.15, -0.1) is 0 Å². The molecule has 0 atom stereocenters. The van der Waals surface area contributed by atoms with E-state index < -0.39 is 0 Å². The van der Waals surface area contributed by atoms with Crippen molar-refractivity contribution in [3.05, 3.63) is 53.7 Å². The number of pyridine rings is 1. The number of nitrogens with one attached hydrogen (secondary N) is 1. The van der Waals surface area contributed by atoms with Crippen LogP contribution in [0.2, 0.25) is 0 Å². The highest BCUT2D eigenvalue weighted by atomic mass is 16.5. The van der Waals surface area contributed by atoms with Gasteiger partial charge in [0, 0.05) is 17.8 Å². The molecule has 1 heterocycles. The van der Waals surface area contributed by atoms with Crippen molar-refractivity contribution in [2.75, 3.05) is 0 Å². The Hall–Kier alpha value is -2.36. The van der Waals surface area contributed by atoms with E-state index in [0.29, 0.717) is 11.4 Å². The van der Waals surface area contributed by atoms with E-state index in [0.717, 1.165) is 18.6 Å². The van der Waals surface area contributed by atoms with Crippen LogP contribution in [0.5, 0.6) is 11.6 Å². The number of aryl methyl sites for hydroxylation is 1. The zero-order valence-electron chi connectivity index (χ0n) is 10.9. The minimum absolute atomic E-state index is 0.00275. The monoisotopic (exact) mass is 255 g/mol. The third-order valence-corrected chi connectivity index (χ3v) is 2.73. The molecular formula is C15H17N3O. The van der Waals surface area contributed by atoms with E-state index in [1.807, 2.05) is 12.1 Å². The largest absolute Gasteiger partial charge is 0.439 e. The van der Waals surface area contributed by atoms with Crippen LogP contribution < -0.4 is 10.5 Å². The third-order valence-electron chi connectivity index (χ3n) is 2.73. The molecule has 0 fully saturated rings. The van der Waals surface area contributed by atoms with E-state index in [2.05, 4.69) is 24.0 Å². The number of rotatable bonds is 5. The van der Waals surface area contributed by atoms with Gasteiger partial charge in [-0.3, -0.25) is 5.41 Å². The Bertz CT molecular complexity index is 547. The summed E-state index contributed by atoms with van der Waals surface area (Å²) in [7, 11) is 0. The lowest BCUT2D eigenvalue weighted by Crippen LogP contribution is -2.11. The van der Waals surface area contributed by atoms with Gasteiger partial charge in [0.2, 0.25) is 5.88 Å². The molecule has 4 heteroatoms. The molecule has 0 amide bonds. The minimum Gasteiger partial charge on any atom is -0.439 e. The summed E-state index contributed by atoms with van der Waals surface area (Å²) in [6, 6.07) is 11.4. The predicted octanol–water partition coefficient (Wildman–Crippen LogP) is 3.11. The van der Waals surface area contributed by atoms with Gasteiger partial charge in [0.25, 0.3) is 0 Å². The van der Waals surface area contributed by atoms with Gasteiger partial charge >= 0.3 is 0 Å². The molecule has 0 unspecified atom stereocenters. The second-order valence-electron chi connectivity index (χ2n) is 4.29. The summed E-state index contributed by atoms with van der Waals surface area (Å²) in [6.07, 6.45) is 3.74. The topological polar surface area (TPSA) is 72.0 Å². The van der Waals surface area contributed by atoms with Crippen LogP contribution in [0, 0.1) is 5.41 Å². The Morgan fingerprint density at radius 3 is 2.47 bits per heavy atom. The second kappa shape index (κ2) is 6.00. The van der Waals surface area contributed by atoms with Crippen LogP contribution in [-0.2, 0) is 6.42 Å². The first kappa shape index (κ1) is 13.1. The third kappa shape index (κ3) is 3.55. The van der Waals surface area contributed by atoms with Crippen LogP contribution in [0.15, 0.2) is 42.6 Å². The molecule has 98 valence electrons. The van der Waals surface area contributed by atoms with Crippen molar-refractivity contribution in [2.45, 2.75) is 19.8 Å². The van der Waals surface area contributed by atoms with Crippen molar-refractivity contribution in [3.8, 4) is 11.6 Å². The van der Waals surface area contributed by atoms with Crippen molar-refractivity contribution in [2.24, 2.45) is 5.73 Å². The maximum Gasteiger partial charge on any atom is 0.219 e. The molecule has 0 aliphatic carbocycles. The summed E-state index contributed by atoms with van der Waals surface area (Å²) in [5, 5.41) is 7.29. The molecule has 4 nitrogen and oxygen atoms in total. The molecule has 0 aliphatic heterocycles. The van der Waals surface area contributed by atoms with Crippen molar-refractivity contribution in [1.29, 1.82) is 5.41 Å². The number of ether oxygens (including phenoxy) is 1. The maximum absolute atomic E-state index is 7.29. The SMILES string of the molecule is CCCc1ccc(Oc2ccc(C(=N)N)cn2)cc1. The van der Waals surface area contributed by atoms with Gasteiger partial charge < -0.3 is 10.5 Å². The number of hydrogen-bond donors (Lipinski definition) is 2. The highest BCUT2D eigenvalue weighted by molar-refractivity contribution is 5.94. The van der Waals surface area contributed by atoms with E-state index in [4.69, 9.17) is 15.9 Å². The number of hydrogen-bond acceptors (Lipinski definition) is 3. The zero-order valence-corrected chi connectivity index (χ0v) is 10.9. The maximum atomic E-state index is 7.29. The number of benzene rings is 1. The number of nitrogens with zero attached hydrogens (tertiary/aromatic N) is 1. The summed E-state index contributed by atoms with van der Waals surface area (Å²) in [5.74, 6) is 1.25. The van der Waals surface area contributed by atoms with Crippen LogP contribution >= 0.6 is 0 Å². The average molecular weight is 255 g/mol. The smallest absolute Gasteiger partial charge is 0.219 e. The molecule has 0 aliphatic rings. The molecule has 2 rings (SSSR count). The molecule has 0 spiro atoms. The van der Waals surface area contributed by atoms with Crippen LogP contribution in [0.3, 0.4) is 0 Å². The fourth-order valence-corrected chi connectivity index (χ4v) is 1.73. The van der Waals surface area contributed by atoms with Gasteiger partial charge in [0.15, 0.2) is 0 Å². The first-order valence-electron chi connectivity index (χ1n) is 6.26. The zero-order chi connectivity index (χ0) is 13.7. The molecule has 0 saturated heterocycles. The summed E-state index contributed by atoms with van der Waals surface area (Å²) in [6.45, 7) is 2.16. The van der Waals surface area contributed by atoms with Crippen LogP contribution in [0.1, 0.15) is 24.5 Å². The Morgan fingerprint density at radius 1 is 1.21 bits per heavy atom. The van der Waals surface area contributed by atoms with Crippen LogP contribution in [-0.4, -0.2) is 10.8 Å². The standard InChI is InChI=1S/C15H17N3O/c1-2-3-11-4-7-13(8-5-11)19-14-9-6-12(10-18-14)15(16)17/h4-10H,2-3H2,1H3,(H3,16,17). The number of aromatic nitrogens is 1. The number of nitrogen functional groups attached to an aromatic ring is 1. The van der Waals surface area contributed by atoms with Crippen molar-refractivity contribution in [3.63, 3.8) is 0 Å². The molecule has 2 aromatic rings. The van der Waals surface area contributed by atoms with E-state index in [1.54, 1.807) is 12.1 Å². The Morgan fingerprint density at radius 2 is 1.95 bits per heavy atom. The molecule has 19 heavy (non-hydrogen) atoms. The Kier molecular flexibility index (Phi) is 4.13. The van der Waals surface area contributed by atoms with Gasteiger partial charge in [-0.25, -0.2) is 4.98 Å². The summed E-state index contributed by atoms with van der Waals surface area (Å²) < 4.78 is 5.62. The molecule has 0 radical (unpaired) electrons. The van der Waals surface area contributed by atoms with Crippen molar-refractivity contribution >= 4 is 5.84 Å². The van der Waals surface area contributed by atoms with E-state index >= 15 is 0 Å². The van der Waals surface area contributed by atoms with E-state index in [1.165, 1.54) is 11.8 Å². The highest BCUT2D eigenvalue weighted by Crippen LogP contribution is 2.20. The summed E-state index contributed by atoms with van der Waals surface area (Å²) >= 11 is 0. The lowest BCUT2D eigenvalue weighted by molar-refractivity contribution is 0.462. The Balaban J connectivity index is 2.06. The molecule has 1 aromatic carbocycles. The fourth-order valence-electron chi connectivity index (χ4n) is 1.73. The summed E-state index contributed by atoms with van der Waals surface area (Å²) in [4.78, 5) is 4.11. The van der Waals surface area contributed by atoms with Gasteiger partial charge in [-0.1, -0.05) is 25.5 Å². The number of amidine groups is 1. The van der Waals surface area contributed by atoms with Gasteiger partial charge in [-0.05, 0) is 30.2 Å². The van der Waals surface area contributed by atoms with Crippen LogP contribution in [0.25, 0.3) is 0 Å². The van der Waals surface area contributed by atoms with Gasteiger partial charge in [0.05, 0.1) is 0 Å². The van der Waals surface area contributed by atoms with E-state index in [-0.39, 0.29) is 5.84 Å².